The van der Waals surface area contributed by atoms with Crippen molar-refractivity contribution in [1.82, 2.24) is 26.2 Å². The summed E-state index contributed by atoms with van der Waals surface area (Å²) in [4.78, 5) is 62.4. The molecule has 3 rings (SSSR count). The lowest BCUT2D eigenvalue weighted by Crippen LogP contribution is -2.50. The number of carboxylic acids is 1. The number of carboxylic acid groups (broad SMARTS) is 1. The van der Waals surface area contributed by atoms with Gasteiger partial charge in [-0.3, -0.25) is 9.59 Å². The number of rotatable bonds is 13. The van der Waals surface area contributed by atoms with Crippen LogP contribution in [0.1, 0.15) is 36.8 Å². The van der Waals surface area contributed by atoms with Crippen LogP contribution in [0.2, 0.25) is 0 Å². The molecule has 1 heterocycles. The third-order valence-electron chi connectivity index (χ3n) is 6.65. The summed E-state index contributed by atoms with van der Waals surface area (Å²) in [5, 5.41) is 19.8. The third kappa shape index (κ3) is 11.2. The molecule has 1 aliphatic heterocycles. The molecule has 12 heteroatoms. The summed E-state index contributed by atoms with van der Waals surface area (Å²) in [6.07, 6.45) is 0.770. The maximum Gasteiger partial charge on any atom is 0.408 e. The minimum Gasteiger partial charge on any atom is -0.480 e. The smallest absolute Gasteiger partial charge is 0.408 e. The first-order valence-corrected chi connectivity index (χ1v) is 13.6. The van der Waals surface area contributed by atoms with E-state index in [2.05, 4.69) is 21.3 Å². The normalized spacial score (nSPS) is 13.9. The SMILES string of the molecule is O=C(NCCCC(=O)N1CCC(C(=O)NC[C@H](NC(=O)OCc2ccccc2)C(=O)O)CC1)NCc1ccccc1. The molecule has 0 saturated carbocycles. The van der Waals surface area contributed by atoms with Gasteiger partial charge in [0.1, 0.15) is 12.6 Å². The number of urea groups is 1. The molecule has 12 nitrogen and oxygen atoms in total. The second-order valence-electron chi connectivity index (χ2n) is 9.70. The first-order valence-electron chi connectivity index (χ1n) is 13.6. The van der Waals surface area contributed by atoms with Crippen molar-refractivity contribution in [2.45, 2.75) is 44.9 Å². The van der Waals surface area contributed by atoms with Crippen LogP contribution in [0.15, 0.2) is 60.7 Å². The Morgan fingerprint density at radius 2 is 1.51 bits per heavy atom. The molecule has 5 N–H and O–H groups in total. The van der Waals surface area contributed by atoms with E-state index in [1.165, 1.54) is 0 Å². The zero-order chi connectivity index (χ0) is 29.5. The van der Waals surface area contributed by atoms with Gasteiger partial charge in [-0.05, 0) is 30.4 Å². The molecule has 41 heavy (non-hydrogen) atoms. The monoisotopic (exact) mass is 567 g/mol. The number of hydrogen-bond acceptors (Lipinski definition) is 6. The number of alkyl carbamates (subject to hydrolysis) is 1. The first-order chi connectivity index (χ1) is 19.8. The van der Waals surface area contributed by atoms with E-state index in [0.29, 0.717) is 45.4 Å². The number of carbonyl (C=O) groups is 5. The van der Waals surface area contributed by atoms with Crippen LogP contribution in [0.5, 0.6) is 0 Å². The van der Waals surface area contributed by atoms with Crippen molar-refractivity contribution in [3.8, 4) is 0 Å². The zero-order valence-corrected chi connectivity index (χ0v) is 22.8. The molecule has 1 atom stereocenters. The van der Waals surface area contributed by atoms with E-state index in [4.69, 9.17) is 4.74 Å². The number of amides is 5. The number of likely N-dealkylation sites (tertiary alicyclic amines) is 1. The third-order valence-corrected chi connectivity index (χ3v) is 6.65. The lowest BCUT2D eigenvalue weighted by atomic mass is 9.95. The van der Waals surface area contributed by atoms with E-state index in [1.807, 2.05) is 36.4 Å². The molecule has 0 aromatic heterocycles. The summed E-state index contributed by atoms with van der Waals surface area (Å²) in [7, 11) is 0. The Bertz CT molecular complexity index is 1150. The second kappa shape index (κ2) is 16.5. The minimum absolute atomic E-state index is 0.0106. The summed E-state index contributed by atoms with van der Waals surface area (Å²) < 4.78 is 5.05. The molecule has 0 spiro atoms. The summed E-state index contributed by atoms with van der Waals surface area (Å²) in [6.45, 7) is 1.30. The minimum atomic E-state index is -1.35. The van der Waals surface area contributed by atoms with Crippen molar-refractivity contribution < 1.29 is 33.8 Å². The maximum absolute atomic E-state index is 12.6. The topological polar surface area (TPSA) is 166 Å². The quantitative estimate of drug-likeness (QED) is 0.231. The molecule has 0 aliphatic carbocycles. The molecular weight excluding hydrogens is 530 g/mol. The summed E-state index contributed by atoms with van der Waals surface area (Å²) in [5.74, 6) is -2.04. The molecule has 2 aromatic carbocycles. The van der Waals surface area contributed by atoms with Gasteiger partial charge in [0.05, 0.1) is 0 Å². The molecular formula is C29H37N5O7. The lowest BCUT2D eigenvalue weighted by molar-refractivity contribution is -0.140. The molecule has 1 saturated heterocycles. The van der Waals surface area contributed by atoms with Crippen LogP contribution >= 0.6 is 0 Å². The van der Waals surface area contributed by atoms with Gasteiger partial charge in [0.2, 0.25) is 11.8 Å². The second-order valence-corrected chi connectivity index (χ2v) is 9.70. The van der Waals surface area contributed by atoms with Crippen molar-refractivity contribution in [3.05, 3.63) is 71.8 Å². The van der Waals surface area contributed by atoms with E-state index in [-0.39, 0.29) is 43.3 Å². The fourth-order valence-electron chi connectivity index (χ4n) is 4.29. The van der Waals surface area contributed by atoms with Crippen LogP contribution in [-0.4, -0.2) is 72.1 Å². The highest BCUT2D eigenvalue weighted by Gasteiger charge is 2.28. The Morgan fingerprint density at radius 3 is 2.15 bits per heavy atom. The average Bonchev–Trinajstić information content (AvgIpc) is 3.00. The van der Waals surface area contributed by atoms with Crippen LogP contribution < -0.4 is 21.3 Å². The zero-order valence-electron chi connectivity index (χ0n) is 22.8. The van der Waals surface area contributed by atoms with Crippen LogP contribution in [0.4, 0.5) is 9.59 Å². The Balaban J connectivity index is 1.28. The number of piperidine rings is 1. The highest BCUT2D eigenvalue weighted by molar-refractivity contribution is 5.83. The predicted octanol–water partition coefficient (Wildman–Crippen LogP) is 2.00. The Morgan fingerprint density at radius 1 is 0.878 bits per heavy atom. The largest absolute Gasteiger partial charge is 0.480 e. The standard InChI is InChI=1S/C29H37N5O7/c35-25(12-7-15-30-28(39)32-18-21-8-3-1-4-9-21)34-16-13-23(14-17-34)26(36)31-19-24(27(37)38)33-29(40)41-20-22-10-5-2-6-11-22/h1-6,8-11,23-24H,7,12-20H2,(H,31,36)(H,33,40)(H,37,38)(H2,30,32,39)/t24-/m0/s1. The highest BCUT2D eigenvalue weighted by atomic mass is 16.5. The number of hydrogen-bond donors (Lipinski definition) is 5. The number of nitrogens with zero attached hydrogens (tertiary/aromatic N) is 1. The summed E-state index contributed by atoms with van der Waals surface area (Å²) in [5.41, 5.74) is 1.75. The van der Waals surface area contributed by atoms with Crippen molar-refractivity contribution in [2.24, 2.45) is 5.92 Å². The van der Waals surface area contributed by atoms with E-state index in [1.54, 1.807) is 29.2 Å². The first kappa shape index (κ1) is 30.9. The van der Waals surface area contributed by atoms with Gasteiger partial charge < -0.3 is 36.0 Å². The van der Waals surface area contributed by atoms with Crippen molar-refractivity contribution in [1.29, 1.82) is 0 Å². The van der Waals surface area contributed by atoms with Crippen molar-refractivity contribution in [2.75, 3.05) is 26.2 Å². The van der Waals surface area contributed by atoms with Gasteiger partial charge in [-0.2, -0.15) is 0 Å². The molecule has 220 valence electrons. The highest BCUT2D eigenvalue weighted by Crippen LogP contribution is 2.18. The Kier molecular flexibility index (Phi) is 12.4. The summed E-state index contributed by atoms with van der Waals surface area (Å²) >= 11 is 0. The van der Waals surface area contributed by atoms with Gasteiger partial charge in [-0.15, -0.1) is 0 Å². The van der Waals surface area contributed by atoms with Crippen molar-refractivity contribution in [3.63, 3.8) is 0 Å². The predicted molar refractivity (Wildman–Crippen MR) is 149 cm³/mol. The summed E-state index contributed by atoms with van der Waals surface area (Å²) in [6, 6.07) is 16.9. The van der Waals surface area contributed by atoms with E-state index >= 15 is 0 Å². The van der Waals surface area contributed by atoms with E-state index in [9.17, 15) is 29.1 Å². The average molecular weight is 568 g/mol. The van der Waals surface area contributed by atoms with Gasteiger partial charge in [0.15, 0.2) is 0 Å². The fraction of sp³-hybridized carbons (Fsp3) is 0.414. The lowest BCUT2D eigenvalue weighted by Gasteiger charge is -2.31. The van der Waals surface area contributed by atoms with Gasteiger partial charge >= 0.3 is 18.1 Å². The molecule has 1 aliphatic rings. The van der Waals surface area contributed by atoms with Gasteiger partial charge in [0, 0.05) is 45.1 Å². The molecule has 5 amide bonds. The molecule has 0 unspecified atom stereocenters. The van der Waals surface area contributed by atoms with Crippen LogP contribution in [0, 0.1) is 5.92 Å². The number of aliphatic carboxylic acids is 1. The van der Waals surface area contributed by atoms with Crippen molar-refractivity contribution >= 4 is 29.9 Å². The molecule has 0 radical (unpaired) electrons. The van der Waals surface area contributed by atoms with Crippen LogP contribution in [0.25, 0.3) is 0 Å². The van der Waals surface area contributed by atoms with Gasteiger partial charge in [-0.1, -0.05) is 60.7 Å². The van der Waals surface area contributed by atoms with Crippen LogP contribution in [0.3, 0.4) is 0 Å². The van der Waals surface area contributed by atoms with Gasteiger partial charge in [0.25, 0.3) is 0 Å². The van der Waals surface area contributed by atoms with E-state index in [0.717, 1.165) is 11.1 Å². The van der Waals surface area contributed by atoms with Crippen LogP contribution in [-0.2, 0) is 32.3 Å². The molecule has 0 bridgehead atoms. The Labute approximate surface area is 238 Å². The Hall–Kier alpha value is -4.61. The van der Waals surface area contributed by atoms with E-state index < -0.39 is 18.1 Å². The molecule has 1 fully saturated rings. The number of benzene rings is 2. The number of ether oxygens (including phenoxy) is 1. The number of nitrogens with one attached hydrogen (secondary N) is 4. The fourth-order valence-corrected chi connectivity index (χ4v) is 4.29. The molecule has 2 aromatic rings. The van der Waals surface area contributed by atoms with Gasteiger partial charge in [-0.25, -0.2) is 14.4 Å². The number of carbonyl (C=O) groups excluding carboxylic acids is 4. The maximum atomic E-state index is 12.6.